The van der Waals surface area contributed by atoms with Gasteiger partial charge in [-0.3, -0.25) is 0 Å². The molecule has 0 spiro atoms. The van der Waals surface area contributed by atoms with E-state index in [2.05, 4.69) is 26.1 Å². The van der Waals surface area contributed by atoms with Crippen molar-refractivity contribution in [2.75, 3.05) is 37.0 Å². The van der Waals surface area contributed by atoms with Gasteiger partial charge in [-0.15, -0.1) is 0 Å². The summed E-state index contributed by atoms with van der Waals surface area (Å²) < 4.78 is 5.39. The van der Waals surface area contributed by atoms with Crippen LogP contribution in [-0.2, 0) is 0 Å². The van der Waals surface area contributed by atoms with Gasteiger partial charge in [0, 0.05) is 33.4 Å². The fourth-order valence-corrected chi connectivity index (χ4v) is 2.60. The van der Waals surface area contributed by atoms with E-state index >= 15 is 0 Å². The van der Waals surface area contributed by atoms with Crippen LogP contribution in [0.4, 0.5) is 11.8 Å². The molecule has 1 unspecified atom stereocenters. The third-order valence-corrected chi connectivity index (χ3v) is 3.80. The number of hydrogen-bond acceptors (Lipinski definition) is 7. The van der Waals surface area contributed by atoms with E-state index in [0.29, 0.717) is 17.4 Å². The highest BCUT2D eigenvalue weighted by Crippen LogP contribution is 2.29. The zero-order valence-electron chi connectivity index (χ0n) is 12.7. The van der Waals surface area contributed by atoms with Gasteiger partial charge in [0.25, 0.3) is 5.95 Å². The molecule has 2 aromatic heterocycles. The summed E-state index contributed by atoms with van der Waals surface area (Å²) >= 11 is 0. The van der Waals surface area contributed by atoms with E-state index < -0.39 is 0 Å². The molecule has 114 valence electrons. The monoisotopic (exact) mass is 298 g/mol. The largest absolute Gasteiger partial charge is 0.356 e. The van der Waals surface area contributed by atoms with Crippen molar-refractivity contribution in [2.24, 2.45) is 0 Å². The molecule has 0 aliphatic carbocycles. The predicted octanol–water partition coefficient (Wildman–Crippen LogP) is 1.79. The Kier molecular flexibility index (Phi) is 3.92. The Bertz CT molecular complexity index is 672. The summed E-state index contributed by atoms with van der Waals surface area (Å²) in [7, 11) is 3.78. The second-order valence-corrected chi connectivity index (χ2v) is 5.63. The average Bonchev–Trinajstić information content (AvgIpc) is 3.05. The standard InChI is InChI=1S/C15H18N6O/c1-20(2)15-18-14(22-19-15)12-4-3-7-21(10-12)13-6-5-11(8-16)9-17-13/h5-6,9,12H,3-4,7,10H2,1-2H3. The van der Waals surface area contributed by atoms with Crippen LogP contribution in [-0.4, -0.2) is 42.3 Å². The molecule has 0 aromatic carbocycles. The maximum absolute atomic E-state index is 8.84. The number of nitriles is 1. The first-order valence-electron chi connectivity index (χ1n) is 7.29. The van der Waals surface area contributed by atoms with Gasteiger partial charge in [-0.05, 0) is 30.1 Å². The third kappa shape index (κ3) is 2.86. The molecule has 7 nitrogen and oxygen atoms in total. The lowest BCUT2D eigenvalue weighted by molar-refractivity contribution is 0.332. The molecule has 0 bridgehead atoms. The molecular weight excluding hydrogens is 280 g/mol. The fourth-order valence-electron chi connectivity index (χ4n) is 2.60. The third-order valence-electron chi connectivity index (χ3n) is 3.80. The van der Waals surface area contributed by atoms with Crippen LogP contribution in [0.15, 0.2) is 22.9 Å². The molecule has 1 aliphatic rings. The van der Waals surface area contributed by atoms with E-state index in [1.54, 1.807) is 12.3 Å². The minimum Gasteiger partial charge on any atom is -0.356 e. The van der Waals surface area contributed by atoms with Crippen LogP contribution in [0, 0.1) is 11.3 Å². The van der Waals surface area contributed by atoms with Crippen molar-refractivity contribution in [3.63, 3.8) is 0 Å². The highest BCUT2D eigenvalue weighted by Gasteiger charge is 2.27. The number of pyridine rings is 1. The van der Waals surface area contributed by atoms with Crippen LogP contribution in [0.2, 0.25) is 0 Å². The van der Waals surface area contributed by atoms with Crippen molar-refractivity contribution in [1.29, 1.82) is 5.26 Å². The lowest BCUT2D eigenvalue weighted by atomic mass is 9.98. The topological polar surface area (TPSA) is 82.1 Å². The zero-order valence-corrected chi connectivity index (χ0v) is 12.7. The summed E-state index contributed by atoms with van der Waals surface area (Å²) in [5, 5.41) is 12.8. The molecule has 1 atom stereocenters. The van der Waals surface area contributed by atoms with Crippen LogP contribution in [0.3, 0.4) is 0 Å². The first kappa shape index (κ1) is 14.3. The fraction of sp³-hybridized carbons (Fsp3) is 0.467. The van der Waals surface area contributed by atoms with E-state index in [1.165, 1.54) is 0 Å². The molecule has 3 heterocycles. The van der Waals surface area contributed by atoms with Crippen molar-refractivity contribution < 1.29 is 4.52 Å². The minimum atomic E-state index is 0.215. The normalized spacial score (nSPS) is 18.0. The van der Waals surface area contributed by atoms with Crippen molar-refractivity contribution in [1.82, 2.24) is 15.1 Å². The molecule has 0 amide bonds. The summed E-state index contributed by atoms with van der Waals surface area (Å²) in [6.45, 7) is 1.75. The SMILES string of the molecule is CN(C)c1noc(C2CCCN(c3ccc(C#N)cn3)C2)n1. The van der Waals surface area contributed by atoms with Gasteiger partial charge in [0.2, 0.25) is 5.89 Å². The molecule has 0 N–H and O–H groups in total. The summed E-state index contributed by atoms with van der Waals surface area (Å²) in [4.78, 5) is 12.8. The molecule has 0 radical (unpaired) electrons. The Morgan fingerprint density at radius 2 is 2.27 bits per heavy atom. The molecule has 22 heavy (non-hydrogen) atoms. The second kappa shape index (κ2) is 6.02. The highest BCUT2D eigenvalue weighted by atomic mass is 16.5. The highest BCUT2D eigenvalue weighted by molar-refractivity contribution is 5.42. The molecular formula is C15H18N6O. The number of hydrogen-bond donors (Lipinski definition) is 0. The maximum Gasteiger partial charge on any atom is 0.265 e. The summed E-state index contributed by atoms with van der Waals surface area (Å²) in [6.07, 6.45) is 3.68. The molecule has 2 aromatic rings. The number of aromatic nitrogens is 3. The van der Waals surface area contributed by atoms with Gasteiger partial charge in [0.15, 0.2) is 0 Å². The Labute approximate surface area is 129 Å². The van der Waals surface area contributed by atoms with Crippen LogP contribution in [0.1, 0.15) is 30.2 Å². The maximum atomic E-state index is 8.84. The van der Waals surface area contributed by atoms with E-state index in [0.717, 1.165) is 31.7 Å². The van der Waals surface area contributed by atoms with E-state index in [-0.39, 0.29) is 5.92 Å². The second-order valence-electron chi connectivity index (χ2n) is 5.63. The lowest BCUT2D eigenvalue weighted by Gasteiger charge is -2.31. The Hall–Kier alpha value is -2.62. The molecule has 7 heteroatoms. The van der Waals surface area contributed by atoms with Crippen molar-refractivity contribution >= 4 is 11.8 Å². The van der Waals surface area contributed by atoms with Gasteiger partial charge in [-0.25, -0.2) is 4.98 Å². The van der Waals surface area contributed by atoms with Crippen LogP contribution in [0.25, 0.3) is 0 Å². The quantitative estimate of drug-likeness (QED) is 0.854. The molecule has 1 fully saturated rings. The van der Waals surface area contributed by atoms with Crippen molar-refractivity contribution in [3.05, 3.63) is 29.8 Å². The molecule has 3 rings (SSSR count). The van der Waals surface area contributed by atoms with Crippen molar-refractivity contribution in [3.8, 4) is 6.07 Å². The van der Waals surface area contributed by atoms with Gasteiger partial charge in [-0.2, -0.15) is 10.2 Å². The summed E-state index contributed by atoms with van der Waals surface area (Å²) in [5.74, 6) is 2.38. The first-order valence-corrected chi connectivity index (χ1v) is 7.29. The number of nitrogens with zero attached hydrogens (tertiary/aromatic N) is 6. The van der Waals surface area contributed by atoms with Crippen LogP contribution >= 0.6 is 0 Å². The average molecular weight is 298 g/mol. The van der Waals surface area contributed by atoms with Crippen LogP contribution in [0.5, 0.6) is 0 Å². The van der Waals surface area contributed by atoms with Gasteiger partial charge in [0.1, 0.15) is 11.9 Å². The lowest BCUT2D eigenvalue weighted by Crippen LogP contribution is -2.35. The van der Waals surface area contributed by atoms with Gasteiger partial charge < -0.3 is 14.3 Å². The van der Waals surface area contributed by atoms with Gasteiger partial charge in [0.05, 0.1) is 11.5 Å². The Morgan fingerprint density at radius 3 is 2.91 bits per heavy atom. The van der Waals surface area contributed by atoms with Crippen LogP contribution < -0.4 is 9.80 Å². The van der Waals surface area contributed by atoms with E-state index in [1.807, 2.05) is 25.1 Å². The smallest absolute Gasteiger partial charge is 0.265 e. The van der Waals surface area contributed by atoms with E-state index in [4.69, 9.17) is 9.78 Å². The summed E-state index contributed by atoms with van der Waals surface area (Å²) in [5.41, 5.74) is 0.574. The predicted molar refractivity (Wildman–Crippen MR) is 81.8 cm³/mol. The number of piperidine rings is 1. The van der Waals surface area contributed by atoms with Gasteiger partial charge >= 0.3 is 0 Å². The van der Waals surface area contributed by atoms with Crippen molar-refractivity contribution in [2.45, 2.75) is 18.8 Å². The van der Waals surface area contributed by atoms with Gasteiger partial charge in [-0.1, -0.05) is 0 Å². The zero-order chi connectivity index (χ0) is 15.5. The summed E-state index contributed by atoms with van der Waals surface area (Å²) in [6, 6.07) is 5.77. The minimum absolute atomic E-state index is 0.215. The van der Waals surface area contributed by atoms with E-state index in [9.17, 15) is 0 Å². The number of rotatable bonds is 3. The molecule has 1 aliphatic heterocycles. The molecule has 0 saturated carbocycles. The Balaban J connectivity index is 1.74. The first-order chi connectivity index (χ1) is 10.7. The molecule has 1 saturated heterocycles. The Morgan fingerprint density at radius 1 is 1.41 bits per heavy atom. The number of anilines is 2.